The van der Waals surface area contributed by atoms with E-state index in [1.54, 1.807) is 14.1 Å². The Morgan fingerprint density at radius 3 is 2.55 bits per heavy atom. The number of carboxylic acid groups (broad SMARTS) is 1. The molecule has 0 aliphatic carbocycles. The summed E-state index contributed by atoms with van der Waals surface area (Å²) in [5.74, 6) is -1.34. The molecule has 108 valence electrons. The Bertz CT molecular complexity index is 542. The Balaban J connectivity index is 2.82. The number of hydrogen-bond donors (Lipinski definition) is 2. The summed E-state index contributed by atoms with van der Waals surface area (Å²) in [6.07, 6.45) is 0.185. The SMILES string of the molecule is CN(C)C(=O)CCNc1ccc(C(=O)O)cc1[N+](=O)[O-]. The molecule has 0 saturated heterocycles. The van der Waals surface area contributed by atoms with Crippen LogP contribution in [0.4, 0.5) is 11.4 Å². The number of carbonyl (C=O) groups excluding carboxylic acids is 1. The maximum absolute atomic E-state index is 11.4. The minimum Gasteiger partial charge on any atom is -0.478 e. The average Bonchev–Trinajstić information content (AvgIpc) is 2.38. The van der Waals surface area contributed by atoms with Crippen LogP contribution in [0.25, 0.3) is 0 Å². The lowest BCUT2D eigenvalue weighted by Gasteiger charge is -2.11. The summed E-state index contributed by atoms with van der Waals surface area (Å²) in [5.41, 5.74) is -0.305. The largest absolute Gasteiger partial charge is 0.478 e. The number of anilines is 1. The maximum Gasteiger partial charge on any atom is 0.335 e. The van der Waals surface area contributed by atoms with Gasteiger partial charge in [-0.3, -0.25) is 14.9 Å². The van der Waals surface area contributed by atoms with Crippen LogP contribution >= 0.6 is 0 Å². The lowest BCUT2D eigenvalue weighted by molar-refractivity contribution is -0.384. The molecule has 1 aromatic rings. The standard InChI is InChI=1S/C12H15N3O5/c1-14(2)11(16)5-6-13-9-4-3-8(12(17)18)7-10(9)15(19)20/h3-4,7,13H,5-6H2,1-2H3,(H,17,18). The number of rotatable bonds is 6. The van der Waals surface area contributed by atoms with E-state index in [9.17, 15) is 19.7 Å². The number of benzene rings is 1. The van der Waals surface area contributed by atoms with Crippen LogP contribution in [0, 0.1) is 10.1 Å². The lowest BCUT2D eigenvalue weighted by Crippen LogP contribution is -2.24. The molecule has 0 atom stereocenters. The second-order valence-electron chi connectivity index (χ2n) is 4.26. The zero-order valence-electron chi connectivity index (χ0n) is 11.1. The van der Waals surface area contributed by atoms with Crippen molar-refractivity contribution >= 4 is 23.3 Å². The molecular formula is C12H15N3O5. The molecule has 1 rings (SSSR count). The number of carbonyl (C=O) groups is 2. The zero-order chi connectivity index (χ0) is 15.3. The summed E-state index contributed by atoms with van der Waals surface area (Å²) < 4.78 is 0. The van der Waals surface area contributed by atoms with E-state index < -0.39 is 10.9 Å². The molecule has 0 aromatic heterocycles. The third kappa shape index (κ3) is 3.94. The summed E-state index contributed by atoms with van der Waals surface area (Å²) in [6, 6.07) is 3.57. The number of nitrogens with zero attached hydrogens (tertiary/aromatic N) is 2. The van der Waals surface area contributed by atoms with Crippen LogP contribution in [0.1, 0.15) is 16.8 Å². The lowest BCUT2D eigenvalue weighted by atomic mass is 10.1. The summed E-state index contributed by atoms with van der Waals surface area (Å²) in [6.45, 7) is 0.226. The molecule has 20 heavy (non-hydrogen) atoms. The minimum absolute atomic E-state index is 0.109. The van der Waals surface area contributed by atoms with Crippen molar-refractivity contribution in [1.29, 1.82) is 0 Å². The molecule has 0 spiro atoms. The molecule has 8 nitrogen and oxygen atoms in total. The molecule has 0 heterocycles. The van der Waals surface area contributed by atoms with Gasteiger partial charge in [0.1, 0.15) is 5.69 Å². The second-order valence-corrected chi connectivity index (χ2v) is 4.26. The van der Waals surface area contributed by atoms with Crippen LogP contribution in [-0.2, 0) is 4.79 Å². The van der Waals surface area contributed by atoms with Crippen LogP contribution in [-0.4, -0.2) is 47.4 Å². The molecule has 2 N–H and O–H groups in total. The Morgan fingerprint density at radius 1 is 1.40 bits per heavy atom. The van der Waals surface area contributed by atoms with Crippen molar-refractivity contribution in [2.45, 2.75) is 6.42 Å². The molecule has 0 unspecified atom stereocenters. The van der Waals surface area contributed by atoms with Crippen LogP contribution < -0.4 is 5.32 Å². The topological polar surface area (TPSA) is 113 Å². The van der Waals surface area contributed by atoms with E-state index in [1.807, 2.05) is 0 Å². The van der Waals surface area contributed by atoms with Gasteiger partial charge < -0.3 is 15.3 Å². The Hall–Kier alpha value is -2.64. The number of nitro benzene ring substituents is 1. The van der Waals surface area contributed by atoms with Crippen molar-refractivity contribution in [2.75, 3.05) is 26.0 Å². The monoisotopic (exact) mass is 281 g/mol. The van der Waals surface area contributed by atoms with Crippen molar-refractivity contribution in [2.24, 2.45) is 0 Å². The number of hydrogen-bond acceptors (Lipinski definition) is 5. The molecule has 0 aliphatic rings. The molecule has 0 aliphatic heterocycles. The second kappa shape index (κ2) is 6.50. The van der Waals surface area contributed by atoms with E-state index in [1.165, 1.54) is 17.0 Å². The predicted molar refractivity (Wildman–Crippen MR) is 71.9 cm³/mol. The molecule has 0 fully saturated rings. The van der Waals surface area contributed by atoms with Crippen molar-refractivity contribution in [3.05, 3.63) is 33.9 Å². The van der Waals surface area contributed by atoms with E-state index in [0.717, 1.165) is 6.07 Å². The number of amides is 1. The number of aromatic carboxylic acids is 1. The number of nitrogens with one attached hydrogen (secondary N) is 1. The first-order valence-corrected chi connectivity index (χ1v) is 5.78. The maximum atomic E-state index is 11.4. The van der Waals surface area contributed by atoms with Crippen LogP contribution in [0.3, 0.4) is 0 Å². The number of carboxylic acids is 1. The third-order valence-corrected chi connectivity index (χ3v) is 2.59. The van der Waals surface area contributed by atoms with Gasteiger partial charge in [-0.1, -0.05) is 0 Å². The van der Waals surface area contributed by atoms with Crippen molar-refractivity contribution in [3.8, 4) is 0 Å². The zero-order valence-corrected chi connectivity index (χ0v) is 11.1. The van der Waals surface area contributed by atoms with E-state index in [0.29, 0.717) is 0 Å². The molecule has 8 heteroatoms. The first-order chi connectivity index (χ1) is 9.32. The van der Waals surface area contributed by atoms with Gasteiger partial charge in [0, 0.05) is 33.1 Å². The highest BCUT2D eigenvalue weighted by molar-refractivity contribution is 5.89. The van der Waals surface area contributed by atoms with Crippen LogP contribution in [0.5, 0.6) is 0 Å². The molecule has 0 bridgehead atoms. The van der Waals surface area contributed by atoms with Crippen molar-refractivity contribution in [1.82, 2.24) is 4.90 Å². The fraction of sp³-hybridized carbons (Fsp3) is 0.333. The number of nitro groups is 1. The Labute approximate surface area is 115 Å². The quantitative estimate of drug-likeness (QED) is 0.598. The third-order valence-electron chi connectivity index (χ3n) is 2.59. The molecule has 0 saturated carbocycles. The van der Waals surface area contributed by atoms with Crippen molar-refractivity contribution < 1.29 is 19.6 Å². The van der Waals surface area contributed by atoms with Gasteiger partial charge in [0.05, 0.1) is 10.5 Å². The predicted octanol–water partition coefficient (Wildman–Crippen LogP) is 1.18. The Morgan fingerprint density at radius 2 is 2.05 bits per heavy atom. The van der Waals surface area contributed by atoms with Crippen LogP contribution in [0.2, 0.25) is 0 Å². The highest BCUT2D eigenvalue weighted by atomic mass is 16.6. The normalized spacial score (nSPS) is 9.90. The highest BCUT2D eigenvalue weighted by Gasteiger charge is 2.17. The van der Waals surface area contributed by atoms with Gasteiger partial charge in [-0.25, -0.2) is 4.79 Å². The molecule has 1 aromatic carbocycles. The highest BCUT2D eigenvalue weighted by Crippen LogP contribution is 2.25. The summed E-state index contributed by atoms with van der Waals surface area (Å²) in [4.78, 5) is 33.8. The fourth-order valence-corrected chi connectivity index (χ4v) is 1.49. The van der Waals surface area contributed by atoms with Gasteiger partial charge in [0.15, 0.2) is 0 Å². The first kappa shape index (κ1) is 15.4. The van der Waals surface area contributed by atoms with Gasteiger partial charge >= 0.3 is 5.97 Å². The summed E-state index contributed by atoms with van der Waals surface area (Å²) in [5, 5.41) is 22.5. The van der Waals surface area contributed by atoms with Crippen LogP contribution in [0.15, 0.2) is 18.2 Å². The molecule has 1 amide bonds. The smallest absolute Gasteiger partial charge is 0.335 e. The summed E-state index contributed by atoms with van der Waals surface area (Å²) >= 11 is 0. The molecule has 0 radical (unpaired) electrons. The summed E-state index contributed by atoms with van der Waals surface area (Å²) in [7, 11) is 3.23. The van der Waals surface area contributed by atoms with E-state index in [2.05, 4.69) is 5.32 Å². The van der Waals surface area contributed by atoms with E-state index >= 15 is 0 Å². The molecular weight excluding hydrogens is 266 g/mol. The Kier molecular flexibility index (Phi) is 5.01. The van der Waals surface area contributed by atoms with Gasteiger partial charge in [0.25, 0.3) is 5.69 Å². The van der Waals surface area contributed by atoms with E-state index in [-0.39, 0.29) is 35.8 Å². The van der Waals surface area contributed by atoms with Gasteiger partial charge in [0.2, 0.25) is 5.91 Å². The fourth-order valence-electron chi connectivity index (χ4n) is 1.49. The minimum atomic E-state index is -1.23. The van der Waals surface area contributed by atoms with E-state index in [4.69, 9.17) is 5.11 Å². The van der Waals surface area contributed by atoms with Gasteiger partial charge in [-0.05, 0) is 12.1 Å². The first-order valence-electron chi connectivity index (χ1n) is 5.78. The van der Waals surface area contributed by atoms with Crippen molar-refractivity contribution in [3.63, 3.8) is 0 Å². The average molecular weight is 281 g/mol. The van der Waals surface area contributed by atoms with Gasteiger partial charge in [-0.2, -0.15) is 0 Å². The van der Waals surface area contributed by atoms with Gasteiger partial charge in [-0.15, -0.1) is 0 Å².